The Morgan fingerprint density at radius 2 is 1.95 bits per heavy atom. The van der Waals surface area contributed by atoms with Crippen LogP contribution < -0.4 is 5.32 Å². The lowest BCUT2D eigenvalue weighted by atomic mass is 10.2. The Morgan fingerprint density at radius 3 is 2.57 bits per heavy atom. The molecule has 5 heteroatoms. The standard InChI is InChI=1S/C16H16ClFN2O/c1-2-20(11-12-6-4-3-5-7-12)16(21)19-15-9-8-13(18)10-14(15)17/h3-10H,2,11H2,1H3,(H,19,21). The number of hydrogen-bond donors (Lipinski definition) is 1. The molecule has 0 aliphatic heterocycles. The molecule has 0 atom stereocenters. The average molecular weight is 307 g/mol. The number of benzene rings is 2. The van der Waals surface area contributed by atoms with Gasteiger partial charge in [0.2, 0.25) is 0 Å². The second kappa shape index (κ2) is 7.09. The van der Waals surface area contributed by atoms with E-state index < -0.39 is 5.82 Å². The van der Waals surface area contributed by atoms with Crippen LogP contribution in [0.3, 0.4) is 0 Å². The molecule has 3 nitrogen and oxygen atoms in total. The normalized spacial score (nSPS) is 10.2. The molecule has 0 unspecified atom stereocenters. The molecule has 0 radical (unpaired) electrons. The molecule has 0 spiro atoms. The van der Waals surface area contributed by atoms with Gasteiger partial charge in [-0.15, -0.1) is 0 Å². The fraction of sp³-hybridized carbons (Fsp3) is 0.188. The minimum absolute atomic E-state index is 0.180. The first-order valence-corrected chi connectivity index (χ1v) is 7.03. The van der Waals surface area contributed by atoms with Gasteiger partial charge in [-0.2, -0.15) is 0 Å². The van der Waals surface area contributed by atoms with Crippen molar-refractivity contribution in [3.8, 4) is 0 Å². The Bertz CT molecular complexity index is 619. The Hall–Kier alpha value is -2.07. The zero-order valence-corrected chi connectivity index (χ0v) is 12.4. The predicted molar refractivity (Wildman–Crippen MR) is 83.0 cm³/mol. The van der Waals surface area contributed by atoms with Gasteiger partial charge >= 0.3 is 6.03 Å². The highest BCUT2D eigenvalue weighted by molar-refractivity contribution is 6.33. The smallest absolute Gasteiger partial charge is 0.320 e. The van der Waals surface area contributed by atoms with E-state index in [1.807, 2.05) is 37.3 Å². The summed E-state index contributed by atoms with van der Waals surface area (Å²) in [6.45, 7) is 2.95. The molecule has 2 rings (SSSR count). The second-order valence-corrected chi connectivity index (χ2v) is 4.96. The van der Waals surface area contributed by atoms with Gasteiger partial charge in [0.15, 0.2) is 0 Å². The number of rotatable bonds is 4. The second-order valence-electron chi connectivity index (χ2n) is 4.55. The summed E-state index contributed by atoms with van der Waals surface area (Å²) in [5, 5.41) is 2.88. The predicted octanol–water partition coefficient (Wildman–Crippen LogP) is 4.53. The van der Waals surface area contributed by atoms with Crippen molar-refractivity contribution >= 4 is 23.3 Å². The maximum Gasteiger partial charge on any atom is 0.322 e. The van der Waals surface area contributed by atoms with Crippen LogP contribution in [0.2, 0.25) is 5.02 Å². The number of halogens is 2. The Labute approximate surface area is 128 Å². The SMILES string of the molecule is CCN(Cc1ccccc1)C(=O)Nc1ccc(F)cc1Cl. The number of carbonyl (C=O) groups is 1. The van der Waals surface area contributed by atoms with Crippen LogP contribution in [0.4, 0.5) is 14.9 Å². The fourth-order valence-electron chi connectivity index (χ4n) is 1.92. The van der Waals surface area contributed by atoms with Crippen LogP contribution in [0.1, 0.15) is 12.5 Å². The number of hydrogen-bond acceptors (Lipinski definition) is 1. The number of nitrogens with one attached hydrogen (secondary N) is 1. The summed E-state index contributed by atoms with van der Waals surface area (Å²) in [6, 6.07) is 13.3. The molecule has 0 saturated carbocycles. The van der Waals surface area contributed by atoms with E-state index >= 15 is 0 Å². The highest BCUT2D eigenvalue weighted by Crippen LogP contribution is 2.22. The summed E-state index contributed by atoms with van der Waals surface area (Å²) in [4.78, 5) is 13.9. The van der Waals surface area contributed by atoms with Crippen molar-refractivity contribution in [1.82, 2.24) is 4.90 Å². The quantitative estimate of drug-likeness (QED) is 0.884. The van der Waals surface area contributed by atoms with E-state index in [4.69, 9.17) is 11.6 Å². The van der Waals surface area contributed by atoms with E-state index in [9.17, 15) is 9.18 Å². The summed E-state index contributed by atoms with van der Waals surface area (Å²) < 4.78 is 13.0. The van der Waals surface area contributed by atoms with Crippen LogP contribution in [-0.2, 0) is 6.54 Å². The van der Waals surface area contributed by atoms with Crippen LogP contribution in [0.25, 0.3) is 0 Å². The maximum atomic E-state index is 13.0. The van der Waals surface area contributed by atoms with Crippen molar-refractivity contribution in [2.24, 2.45) is 0 Å². The lowest BCUT2D eigenvalue weighted by molar-refractivity contribution is 0.212. The van der Waals surface area contributed by atoms with Gasteiger partial charge in [-0.1, -0.05) is 41.9 Å². The van der Waals surface area contributed by atoms with E-state index in [0.29, 0.717) is 18.8 Å². The van der Waals surface area contributed by atoms with E-state index in [2.05, 4.69) is 5.32 Å². The molecular weight excluding hydrogens is 291 g/mol. The van der Waals surface area contributed by atoms with Gasteiger partial charge in [0.25, 0.3) is 0 Å². The van der Waals surface area contributed by atoms with Crippen molar-refractivity contribution in [1.29, 1.82) is 0 Å². The molecule has 0 saturated heterocycles. The van der Waals surface area contributed by atoms with Gasteiger partial charge in [0, 0.05) is 13.1 Å². The van der Waals surface area contributed by atoms with Gasteiger partial charge in [-0.05, 0) is 30.7 Å². The van der Waals surface area contributed by atoms with E-state index in [-0.39, 0.29) is 11.1 Å². The Kier molecular flexibility index (Phi) is 5.17. The fourth-order valence-corrected chi connectivity index (χ4v) is 2.13. The van der Waals surface area contributed by atoms with Crippen LogP contribution in [0.5, 0.6) is 0 Å². The first kappa shape index (κ1) is 15.3. The molecule has 2 aromatic rings. The van der Waals surface area contributed by atoms with E-state index in [0.717, 1.165) is 5.56 Å². The molecule has 0 aromatic heterocycles. The average Bonchev–Trinajstić information content (AvgIpc) is 2.48. The Morgan fingerprint density at radius 1 is 1.24 bits per heavy atom. The Balaban J connectivity index is 2.06. The minimum Gasteiger partial charge on any atom is -0.320 e. The zero-order valence-electron chi connectivity index (χ0n) is 11.6. The van der Waals surface area contributed by atoms with Crippen LogP contribution in [-0.4, -0.2) is 17.5 Å². The van der Waals surface area contributed by atoms with Crippen LogP contribution in [0.15, 0.2) is 48.5 Å². The lowest BCUT2D eigenvalue weighted by Gasteiger charge is -2.22. The van der Waals surface area contributed by atoms with Crippen LogP contribution in [0, 0.1) is 5.82 Å². The number of urea groups is 1. The molecule has 0 aliphatic carbocycles. The van der Waals surface area contributed by atoms with Gasteiger partial charge in [0.1, 0.15) is 5.82 Å². The third-order valence-electron chi connectivity index (χ3n) is 3.06. The van der Waals surface area contributed by atoms with Crippen molar-refractivity contribution < 1.29 is 9.18 Å². The van der Waals surface area contributed by atoms with Crippen molar-refractivity contribution in [3.05, 3.63) is 64.9 Å². The largest absolute Gasteiger partial charge is 0.322 e. The summed E-state index contributed by atoms with van der Waals surface area (Å²) >= 11 is 5.91. The third-order valence-corrected chi connectivity index (χ3v) is 3.37. The minimum atomic E-state index is -0.436. The number of nitrogens with zero attached hydrogens (tertiary/aromatic N) is 1. The van der Waals surface area contributed by atoms with Crippen molar-refractivity contribution in [2.45, 2.75) is 13.5 Å². The molecule has 2 aromatic carbocycles. The molecule has 0 fully saturated rings. The number of amides is 2. The number of carbonyl (C=O) groups excluding carboxylic acids is 1. The molecule has 0 heterocycles. The van der Waals surface area contributed by atoms with Gasteiger partial charge in [-0.25, -0.2) is 9.18 Å². The highest BCUT2D eigenvalue weighted by atomic mass is 35.5. The molecular formula is C16H16ClFN2O. The van der Waals surface area contributed by atoms with Gasteiger partial charge < -0.3 is 10.2 Å². The molecule has 110 valence electrons. The molecule has 1 N–H and O–H groups in total. The van der Waals surface area contributed by atoms with Gasteiger partial charge in [-0.3, -0.25) is 0 Å². The molecule has 0 aliphatic rings. The summed E-state index contributed by atoms with van der Waals surface area (Å²) in [7, 11) is 0. The van der Waals surface area contributed by atoms with Gasteiger partial charge in [0.05, 0.1) is 10.7 Å². The first-order valence-electron chi connectivity index (χ1n) is 6.65. The summed E-state index contributed by atoms with van der Waals surface area (Å²) in [5.41, 5.74) is 1.44. The molecule has 0 bridgehead atoms. The topological polar surface area (TPSA) is 32.3 Å². The third kappa shape index (κ3) is 4.20. The van der Waals surface area contributed by atoms with E-state index in [1.54, 1.807) is 4.90 Å². The molecule has 21 heavy (non-hydrogen) atoms. The first-order chi connectivity index (χ1) is 10.1. The summed E-state index contributed by atoms with van der Waals surface area (Å²) in [6.07, 6.45) is 0. The van der Waals surface area contributed by atoms with Crippen LogP contribution >= 0.6 is 11.6 Å². The molecule has 2 amide bonds. The summed E-state index contributed by atoms with van der Waals surface area (Å²) in [5.74, 6) is -0.436. The monoisotopic (exact) mass is 306 g/mol. The maximum absolute atomic E-state index is 13.0. The van der Waals surface area contributed by atoms with Crippen molar-refractivity contribution in [2.75, 3.05) is 11.9 Å². The number of anilines is 1. The highest BCUT2D eigenvalue weighted by Gasteiger charge is 2.13. The van der Waals surface area contributed by atoms with E-state index in [1.165, 1.54) is 18.2 Å². The van der Waals surface area contributed by atoms with Crippen molar-refractivity contribution in [3.63, 3.8) is 0 Å². The zero-order chi connectivity index (χ0) is 15.2. The lowest BCUT2D eigenvalue weighted by Crippen LogP contribution is -2.34.